The minimum Gasteiger partial charge on any atom is -0.490 e. The van der Waals surface area contributed by atoms with E-state index in [1.54, 1.807) is 59.7 Å². The molecule has 13 heteroatoms. The summed E-state index contributed by atoms with van der Waals surface area (Å²) in [5.41, 5.74) is 1.63. The van der Waals surface area contributed by atoms with Crippen LogP contribution in [0, 0.1) is 5.92 Å². The summed E-state index contributed by atoms with van der Waals surface area (Å²) in [6.07, 6.45) is 1.94. The van der Waals surface area contributed by atoms with Gasteiger partial charge in [0.2, 0.25) is 0 Å². The van der Waals surface area contributed by atoms with Crippen LogP contribution in [0.1, 0.15) is 66.3 Å². The van der Waals surface area contributed by atoms with Gasteiger partial charge in [0.15, 0.2) is 0 Å². The Kier molecular flexibility index (Phi) is 12.8. The maximum absolute atomic E-state index is 14.3. The topological polar surface area (TPSA) is 146 Å². The summed E-state index contributed by atoms with van der Waals surface area (Å²) in [6, 6.07) is 14.1. The number of carbonyl (C=O) groups excluding carboxylic acids is 1. The smallest absolute Gasteiger partial charge is 0.335 e. The Hall–Kier alpha value is -3.49. The number of carboxylic acid groups (broad SMARTS) is 1. The molecule has 47 heavy (non-hydrogen) atoms. The number of ether oxygens (including phenoxy) is 2. The van der Waals surface area contributed by atoms with Crippen molar-refractivity contribution in [3.05, 3.63) is 76.7 Å². The quantitative estimate of drug-likeness (QED) is 0.263. The van der Waals surface area contributed by atoms with Crippen molar-refractivity contribution in [3.63, 3.8) is 0 Å². The lowest BCUT2D eigenvalue weighted by Gasteiger charge is -2.36. The number of carboxylic acids is 1. The van der Waals surface area contributed by atoms with E-state index in [1.807, 2.05) is 20.9 Å². The molecule has 0 radical (unpaired) electrons. The zero-order valence-corrected chi connectivity index (χ0v) is 28.9. The highest BCUT2D eigenvalue weighted by molar-refractivity contribution is 7.94. The maximum Gasteiger partial charge on any atom is 0.335 e. The van der Waals surface area contributed by atoms with Crippen LogP contribution in [0.3, 0.4) is 0 Å². The number of hydrogen-bond donors (Lipinski definition) is 3. The lowest BCUT2D eigenvalue weighted by atomic mass is 10.0. The number of hydrogen-bond acceptors (Lipinski definition) is 9. The number of nitrogens with one attached hydrogen (secondary N) is 1. The average molecular weight is 688 g/mol. The zero-order valence-electron chi connectivity index (χ0n) is 27.3. The highest BCUT2D eigenvalue weighted by Crippen LogP contribution is 2.30. The fourth-order valence-corrected chi connectivity index (χ4v) is 7.55. The third-order valence-electron chi connectivity index (χ3n) is 8.21. The molecule has 3 N–H and O–H groups in total. The van der Waals surface area contributed by atoms with Gasteiger partial charge in [-0.15, -0.1) is 11.3 Å². The van der Waals surface area contributed by atoms with Crippen molar-refractivity contribution in [2.45, 2.75) is 69.0 Å². The summed E-state index contributed by atoms with van der Waals surface area (Å²) in [4.78, 5) is 29.3. The molecular formula is C34H45N3O8S2. The molecular weight excluding hydrogens is 643 g/mol. The van der Waals surface area contributed by atoms with Gasteiger partial charge in [-0.3, -0.25) is 14.4 Å². The lowest BCUT2D eigenvalue weighted by molar-refractivity contribution is -0.0177. The summed E-state index contributed by atoms with van der Waals surface area (Å²) in [5, 5.41) is 21.1. The van der Waals surface area contributed by atoms with Gasteiger partial charge < -0.3 is 24.6 Å². The lowest BCUT2D eigenvalue weighted by Crippen LogP contribution is -2.47. The van der Waals surface area contributed by atoms with Crippen LogP contribution in [-0.4, -0.2) is 91.9 Å². The molecule has 256 valence electrons. The van der Waals surface area contributed by atoms with Crippen LogP contribution in [0.15, 0.2) is 64.2 Å². The van der Waals surface area contributed by atoms with Gasteiger partial charge in [-0.1, -0.05) is 25.1 Å². The third-order valence-corrected chi connectivity index (χ3v) is 11.0. The summed E-state index contributed by atoms with van der Waals surface area (Å²) >= 11 is 1.10. The zero-order chi connectivity index (χ0) is 34.1. The third kappa shape index (κ3) is 10.0. The number of thiophene rings is 1. The van der Waals surface area contributed by atoms with Crippen LogP contribution in [0.4, 0.5) is 5.69 Å². The standard InChI is InChI=1S/C34H45N3O8S2/c1-23-19-37(24(2)22-38)33(39)29-18-28(35-47(42,43)32-9-7-17-46-32)14-15-30(29)45-25(3)8-5-6-16-44-31(23)21-36(4)20-26-10-12-27(13-11-26)34(40)41/h7,9-15,17-18,23-25,31,35,38H,5-6,8,16,19-22H2,1-4H3,(H,40,41)/t23-,24-,25+,31+/m0/s1. The molecule has 1 aliphatic rings. The van der Waals surface area contributed by atoms with Crippen molar-refractivity contribution in [3.8, 4) is 5.75 Å². The highest BCUT2D eigenvalue weighted by atomic mass is 32.2. The van der Waals surface area contributed by atoms with E-state index in [0.717, 1.165) is 36.2 Å². The van der Waals surface area contributed by atoms with Crippen molar-refractivity contribution in [1.29, 1.82) is 0 Å². The molecule has 2 heterocycles. The number of anilines is 1. The number of benzene rings is 2. The Balaban J connectivity index is 1.61. The second kappa shape index (κ2) is 16.6. The predicted octanol–water partition coefficient (Wildman–Crippen LogP) is 5.17. The normalized spacial score (nSPS) is 20.6. The molecule has 0 bridgehead atoms. The number of fused-ring (bicyclic) bond motifs is 1. The van der Waals surface area contributed by atoms with Crippen molar-refractivity contribution in [1.82, 2.24) is 9.80 Å². The molecule has 0 spiro atoms. The van der Waals surface area contributed by atoms with Gasteiger partial charge in [-0.25, -0.2) is 13.2 Å². The van der Waals surface area contributed by atoms with Crippen molar-refractivity contribution < 1.29 is 37.7 Å². The number of aromatic carboxylic acids is 1. The van der Waals surface area contributed by atoms with E-state index in [4.69, 9.17) is 9.47 Å². The van der Waals surface area contributed by atoms with Crippen LogP contribution in [0.2, 0.25) is 0 Å². The van der Waals surface area contributed by atoms with E-state index in [2.05, 4.69) is 9.62 Å². The van der Waals surface area contributed by atoms with Gasteiger partial charge in [0.1, 0.15) is 9.96 Å². The van der Waals surface area contributed by atoms with Crippen LogP contribution < -0.4 is 9.46 Å². The van der Waals surface area contributed by atoms with E-state index < -0.39 is 22.0 Å². The second-order valence-electron chi connectivity index (χ2n) is 12.2. The number of sulfonamides is 1. The van der Waals surface area contributed by atoms with Crippen LogP contribution in [0.25, 0.3) is 0 Å². The molecule has 4 atom stereocenters. The Bertz CT molecular complexity index is 1580. The Morgan fingerprint density at radius 1 is 1.15 bits per heavy atom. The summed E-state index contributed by atoms with van der Waals surface area (Å²) in [6.45, 7) is 7.39. The minimum absolute atomic E-state index is 0.142. The number of aliphatic hydroxyl groups excluding tert-OH is 1. The fraction of sp³-hybridized carbons (Fsp3) is 0.471. The molecule has 0 saturated heterocycles. The van der Waals surface area contributed by atoms with Crippen molar-refractivity contribution >= 4 is 38.9 Å². The monoisotopic (exact) mass is 687 g/mol. The van der Waals surface area contributed by atoms with Gasteiger partial charge >= 0.3 is 5.97 Å². The SMILES string of the molecule is C[C@@H]1CCCCO[C@H](CN(C)Cc2ccc(C(=O)O)cc2)[C@@H](C)CN([C@@H](C)CO)C(=O)c2cc(NS(=O)(=O)c3cccs3)ccc2O1. The first-order chi connectivity index (χ1) is 22.4. The van der Waals surface area contributed by atoms with Crippen molar-refractivity contribution in [2.75, 3.05) is 38.1 Å². The number of carbonyl (C=O) groups is 2. The Labute approximate surface area is 281 Å². The molecule has 0 fully saturated rings. The molecule has 1 aliphatic heterocycles. The largest absolute Gasteiger partial charge is 0.490 e. The van der Waals surface area contributed by atoms with E-state index >= 15 is 0 Å². The molecule has 0 saturated carbocycles. The first kappa shape index (κ1) is 36.3. The first-order valence-corrected chi connectivity index (χ1v) is 18.2. The van der Waals surface area contributed by atoms with E-state index in [-0.39, 0.29) is 58.2 Å². The Morgan fingerprint density at radius 3 is 2.55 bits per heavy atom. The predicted molar refractivity (Wildman–Crippen MR) is 182 cm³/mol. The minimum atomic E-state index is -3.85. The molecule has 0 aliphatic carbocycles. The first-order valence-electron chi connectivity index (χ1n) is 15.8. The molecule has 1 amide bonds. The maximum atomic E-state index is 14.3. The van der Waals surface area contributed by atoms with Crippen LogP contribution >= 0.6 is 11.3 Å². The number of aliphatic hydroxyl groups is 1. The van der Waals surface area contributed by atoms with Crippen LogP contribution in [-0.2, 0) is 21.3 Å². The van der Waals surface area contributed by atoms with Gasteiger partial charge in [-0.05, 0) is 87.5 Å². The van der Waals surface area contributed by atoms with E-state index in [9.17, 15) is 28.2 Å². The highest BCUT2D eigenvalue weighted by Gasteiger charge is 2.31. The molecule has 4 rings (SSSR count). The molecule has 1 aromatic heterocycles. The van der Waals surface area contributed by atoms with Gasteiger partial charge in [-0.2, -0.15) is 0 Å². The fourth-order valence-electron chi connectivity index (χ4n) is 5.51. The van der Waals surface area contributed by atoms with Gasteiger partial charge in [0.25, 0.3) is 15.9 Å². The molecule has 3 aromatic rings. The van der Waals surface area contributed by atoms with E-state index in [1.165, 1.54) is 12.1 Å². The second-order valence-corrected chi connectivity index (χ2v) is 15.1. The number of likely N-dealkylation sites (N-methyl/N-ethyl adjacent to an activating group) is 1. The van der Waals surface area contributed by atoms with Crippen LogP contribution in [0.5, 0.6) is 5.75 Å². The number of amides is 1. The molecule has 0 unspecified atom stereocenters. The molecule has 11 nitrogen and oxygen atoms in total. The number of rotatable bonds is 10. The molecule has 2 aromatic carbocycles. The van der Waals surface area contributed by atoms with Crippen molar-refractivity contribution in [2.24, 2.45) is 5.92 Å². The van der Waals surface area contributed by atoms with Gasteiger partial charge in [0, 0.05) is 37.8 Å². The summed E-state index contributed by atoms with van der Waals surface area (Å²) < 4.78 is 41.4. The average Bonchev–Trinajstić information content (AvgIpc) is 3.59. The summed E-state index contributed by atoms with van der Waals surface area (Å²) in [5.74, 6) is -1.15. The van der Waals surface area contributed by atoms with E-state index in [0.29, 0.717) is 25.4 Å². The number of nitrogens with zero attached hydrogens (tertiary/aromatic N) is 2. The summed E-state index contributed by atoms with van der Waals surface area (Å²) in [7, 11) is -1.88. The Morgan fingerprint density at radius 2 is 1.89 bits per heavy atom. The van der Waals surface area contributed by atoms with Gasteiger partial charge in [0.05, 0.1) is 36.0 Å².